The molecule has 0 atom stereocenters. The van der Waals surface area contributed by atoms with E-state index in [0.29, 0.717) is 6.42 Å². The van der Waals surface area contributed by atoms with E-state index in [-0.39, 0.29) is 5.91 Å². The first-order valence-corrected chi connectivity index (χ1v) is 8.97. The minimum Gasteiger partial charge on any atom is -0.326 e. The monoisotopic (exact) mass is 314 g/mol. The molecule has 23 heavy (non-hydrogen) atoms. The summed E-state index contributed by atoms with van der Waals surface area (Å²) in [7, 11) is 0. The van der Waals surface area contributed by atoms with Gasteiger partial charge in [0.05, 0.1) is 0 Å². The molecule has 1 amide bonds. The highest BCUT2D eigenvalue weighted by Crippen LogP contribution is 2.21. The lowest BCUT2D eigenvalue weighted by atomic mass is 9.97. The van der Waals surface area contributed by atoms with E-state index in [1.807, 2.05) is 19.1 Å². The first kappa shape index (κ1) is 17.7. The van der Waals surface area contributed by atoms with Crippen LogP contribution in [0.5, 0.6) is 0 Å². The molecule has 126 valence electrons. The van der Waals surface area contributed by atoms with Gasteiger partial charge in [-0.3, -0.25) is 4.79 Å². The van der Waals surface area contributed by atoms with Crippen molar-refractivity contribution in [3.8, 4) is 0 Å². The third-order valence-electron chi connectivity index (χ3n) is 4.54. The number of amides is 1. The van der Waals surface area contributed by atoms with E-state index in [2.05, 4.69) is 29.7 Å². The Balaban J connectivity index is 1.68. The van der Waals surface area contributed by atoms with Crippen molar-refractivity contribution in [2.45, 2.75) is 58.8 Å². The van der Waals surface area contributed by atoms with Crippen LogP contribution in [0.1, 0.15) is 56.6 Å². The van der Waals surface area contributed by atoms with E-state index >= 15 is 0 Å². The Morgan fingerprint density at radius 3 is 2.83 bits per heavy atom. The maximum Gasteiger partial charge on any atom is 0.225 e. The smallest absolute Gasteiger partial charge is 0.225 e. The first-order chi connectivity index (χ1) is 11.2. The van der Waals surface area contributed by atoms with Gasteiger partial charge in [0.15, 0.2) is 0 Å². The van der Waals surface area contributed by atoms with Crippen LogP contribution < -0.4 is 10.6 Å². The Hall–Kier alpha value is -1.61. The number of hydrogen-bond donors (Lipinski definition) is 2. The fourth-order valence-corrected chi connectivity index (χ4v) is 3.11. The number of nitrogens with one attached hydrogen (secondary N) is 2. The fourth-order valence-electron chi connectivity index (χ4n) is 3.11. The number of allylic oxidation sites excluding steroid dienone is 1. The molecule has 1 aliphatic rings. The minimum atomic E-state index is 0.0957. The summed E-state index contributed by atoms with van der Waals surface area (Å²) in [6.45, 7) is 5.88. The first-order valence-electron chi connectivity index (χ1n) is 8.97. The second kappa shape index (κ2) is 9.51. The quantitative estimate of drug-likeness (QED) is 0.553. The van der Waals surface area contributed by atoms with E-state index < -0.39 is 0 Å². The summed E-state index contributed by atoms with van der Waals surface area (Å²) in [6.07, 6.45) is 10.2. The van der Waals surface area contributed by atoms with Gasteiger partial charge >= 0.3 is 0 Å². The zero-order valence-corrected chi connectivity index (χ0v) is 14.6. The van der Waals surface area contributed by atoms with Crippen molar-refractivity contribution in [1.82, 2.24) is 5.32 Å². The van der Waals surface area contributed by atoms with Crippen LogP contribution in [0.3, 0.4) is 0 Å². The number of aryl methyl sites for hydroxylation is 2. The third-order valence-corrected chi connectivity index (χ3v) is 4.54. The molecular formula is C20H30N2O. The molecule has 0 bridgehead atoms. The second-order valence-electron chi connectivity index (χ2n) is 6.37. The normalized spacial score (nSPS) is 14.4. The van der Waals surface area contributed by atoms with Crippen LogP contribution in [-0.2, 0) is 11.2 Å². The third kappa shape index (κ3) is 5.83. The van der Waals surface area contributed by atoms with Crippen molar-refractivity contribution in [1.29, 1.82) is 0 Å². The van der Waals surface area contributed by atoms with Gasteiger partial charge in [0.2, 0.25) is 5.91 Å². The Labute approximate surface area is 140 Å². The van der Waals surface area contributed by atoms with Gasteiger partial charge in [0.25, 0.3) is 0 Å². The molecule has 3 heteroatoms. The molecule has 0 unspecified atom stereocenters. The molecule has 0 heterocycles. The molecule has 0 fully saturated rings. The molecule has 0 radical (unpaired) electrons. The van der Waals surface area contributed by atoms with Gasteiger partial charge in [-0.05, 0) is 63.1 Å². The molecule has 3 nitrogen and oxygen atoms in total. The predicted octanol–water partition coefficient (Wildman–Crippen LogP) is 4.37. The lowest BCUT2D eigenvalue weighted by Gasteiger charge is -2.14. The van der Waals surface area contributed by atoms with Crippen molar-refractivity contribution in [2.75, 3.05) is 18.4 Å². The van der Waals surface area contributed by atoms with Crippen LogP contribution >= 0.6 is 0 Å². The molecule has 1 aliphatic carbocycles. The topological polar surface area (TPSA) is 41.1 Å². The lowest BCUT2D eigenvalue weighted by Crippen LogP contribution is -2.23. The summed E-state index contributed by atoms with van der Waals surface area (Å²) >= 11 is 0. The van der Waals surface area contributed by atoms with Crippen LogP contribution in [0.4, 0.5) is 5.69 Å². The van der Waals surface area contributed by atoms with Crippen LogP contribution in [0.2, 0.25) is 0 Å². The summed E-state index contributed by atoms with van der Waals surface area (Å²) in [4.78, 5) is 12.1. The van der Waals surface area contributed by atoms with Crippen LogP contribution in [0.15, 0.2) is 29.8 Å². The van der Waals surface area contributed by atoms with Crippen LogP contribution in [0.25, 0.3) is 0 Å². The minimum absolute atomic E-state index is 0.0957. The number of carbonyl (C=O) groups excluding carboxylic acids is 1. The number of para-hydroxylation sites is 1. The molecule has 2 rings (SSSR count). The summed E-state index contributed by atoms with van der Waals surface area (Å²) in [6, 6.07) is 6.18. The summed E-state index contributed by atoms with van der Waals surface area (Å²) in [5, 5.41) is 6.47. The summed E-state index contributed by atoms with van der Waals surface area (Å²) < 4.78 is 0. The Morgan fingerprint density at radius 2 is 2.09 bits per heavy atom. The van der Waals surface area contributed by atoms with E-state index in [9.17, 15) is 4.79 Å². The van der Waals surface area contributed by atoms with E-state index in [0.717, 1.165) is 37.2 Å². The van der Waals surface area contributed by atoms with E-state index in [4.69, 9.17) is 0 Å². The van der Waals surface area contributed by atoms with Crippen LogP contribution in [-0.4, -0.2) is 19.0 Å². The van der Waals surface area contributed by atoms with Gasteiger partial charge in [-0.1, -0.05) is 36.8 Å². The molecule has 0 saturated heterocycles. The Bertz CT molecular complexity index is 549. The molecule has 0 spiro atoms. The molecular weight excluding hydrogens is 284 g/mol. The second-order valence-corrected chi connectivity index (χ2v) is 6.37. The van der Waals surface area contributed by atoms with Gasteiger partial charge in [-0.25, -0.2) is 0 Å². The maximum absolute atomic E-state index is 12.1. The van der Waals surface area contributed by atoms with Crippen molar-refractivity contribution >= 4 is 11.6 Å². The van der Waals surface area contributed by atoms with Crippen molar-refractivity contribution in [3.05, 3.63) is 41.0 Å². The average molecular weight is 314 g/mol. The molecule has 0 aliphatic heterocycles. The largest absolute Gasteiger partial charge is 0.326 e. The zero-order chi connectivity index (χ0) is 16.5. The predicted molar refractivity (Wildman–Crippen MR) is 97.8 cm³/mol. The lowest BCUT2D eigenvalue weighted by molar-refractivity contribution is -0.116. The molecule has 0 saturated carbocycles. The number of carbonyl (C=O) groups is 1. The van der Waals surface area contributed by atoms with Gasteiger partial charge in [-0.15, -0.1) is 0 Å². The fraction of sp³-hybridized carbons (Fsp3) is 0.550. The summed E-state index contributed by atoms with van der Waals surface area (Å²) in [5.74, 6) is 0.0957. The highest BCUT2D eigenvalue weighted by Gasteiger charge is 2.08. The Morgan fingerprint density at radius 1 is 1.22 bits per heavy atom. The molecule has 1 aromatic rings. The number of rotatable bonds is 8. The van der Waals surface area contributed by atoms with Gasteiger partial charge < -0.3 is 10.6 Å². The highest BCUT2D eigenvalue weighted by atomic mass is 16.1. The van der Waals surface area contributed by atoms with Crippen molar-refractivity contribution in [2.24, 2.45) is 0 Å². The number of benzene rings is 1. The van der Waals surface area contributed by atoms with Gasteiger partial charge in [0.1, 0.15) is 0 Å². The number of hydrogen-bond acceptors (Lipinski definition) is 2. The summed E-state index contributed by atoms with van der Waals surface area (Å²) in [5.41, 5.74) is 4.92. The highest BCUT2D eigenvalue weighted by molar-refractivity contribution is 5.92. The Kier molecular flexibility index (Phi) is 7.34. The van der Waals surface area contributed by atoms with E-state index in [1.54, 1.807) is 5.57 Å². The van der Waals surface area contributed by atoms with Crippen molar-refractivity contribution in [3.63, 3.8) is 0 Å². The average Bonchev–Trinajstić information content (AvgIpc) is 2.57. The van der Waals surface area contributed by atoms with Crippen LogP contribution in [0, 0.1) is 6.92 Å². The maximum atomic E-state index is 12.1. The molecule has 2 N–H and O–H groups in total. The van der Waals surface area contributed by atoms with Gasteiger partial charge in [0, 0.05) is 18.7 Å². The zero-order valence-electron chi connectivity index (χ0n) is 14.6. The molecule has 1 aromatic carbocycles. The molecule has 0 aromatic heterocycles. The van der Waals surface area contributed by atoms with E-state index in [1.165, 1.54) is 31.2 Å². The van der Waals surface area contributed by atoms with Crippen molar-refractivity contribution < 1.29 is 4.79 Å². The van der Waals surface area contributed by atoms with Gasteiger partial charge in [-0.2, -0.15) is 0 Å². The standard InChI is InChI=1S/C20H30N2O/c1-3-18-11-7-8-16(2)20(18)22-19(23)13-15-21-14-12-17-9-5-4-6-10-17/h7-9,11,21H,3-6,10,12-15H2,1-2H3,(H,22,23). The number of anilines is 1. The SMILES string of the molecule is CCc1cccc(C)c1NC(=O)CCNCCC1=CCCCC1.